The van der Waals surface area contributed by atoms with E-state index in [9.17, 15) is 9.90 Å². The predicted molar refractivity (Wildman–Crippen MR) is 79.1 cm³/mol. The van der Waals surface area contributed by atoms with Crippen LogP contribution in [0, 0.1) is 0 Å². The fraction of sp³-hybridized carbons (Fsp3) is 0.133. The molecule has 8 heteroatoms. The quantitative estimate of drug-likeness (QED) is 0.770. The number of benzene rings is 1. The topological polar surface area (TPSA) is 99.6 Å². The van der Waals surface area contributed by atoms with Gasteiger partial charge in [-0.25, -0.2) is 9.48 Å². The van der Waals surface area contributed by atoms with Crippen molar-refractivity contribution in [1.82, 2.24) is 15.0 Å². The fourth-order valence-corrected chi connectivity index (χ4v) is 2.20. The van der Waals surface area contributed by atoms with Crippen LogP contribution in [0.2, 0.25) is 0 Å². The van der Waals surface area contributed by atoms with Crippen molar-refractivity contribution < 1.29 is 23.8 Å². The summed E-state index contributed by atoms with van der Waals surface area (Å²) in [6.45, 7) is 0. The number of carboxylic acid groups (broad SMARTS) is 1. The van der Waals surface area contributed by atoms with Crippen LogP contribution >= 0.6 is 0 Å². The highest BCUT2D eigenvalue weighted by molar-refractivity contribution is 5.92. The van der Waals surface area contributed by atoms with Gasteiger partial charge >= 0.3 is 5.97 Å². The Morgan fingerprint density at radius 1 is 1.22 bits per heavy atom. The first-order valence-electron chi connectivity index (χ1n) is 6.61. The lowest BCUT2D eigenvalue weighted by atomic mass is 10.2. The Balaban J connectivity index is 2.19. The number of carbonyl (C=O) groups is 1. The molecule has 0 aliphatic carbocycles. The Labute approximate surface area is 130 Å². The highest BCUT2D eigenvalue weighted by atomic mass is 16.5. The lowest BCUT2D eigenvalue weighted by Gasteiger charge is -2.10. The van der Waals surface area contributed by atoms with Crippen molar-refractivity contribution in [3.8, 4) is 28.6 Å². The predicted octanol–water partition coefficient (Wildman–Crippen LogP) is 2.24. The van der Waals surface area contributed by atoms with Gasteiger partial charge in [-0.15, -0.1) is 5.10 Å². The van der Waals surface area contributed by atoms with Crippen LogP contribution in [0.5, 0.6) is 11.5 Å². The third-order valence-electron chi connectivity index (χ3n) is 3.24. The molecule has 118 valence electrons. The maximum atomic E-state index is 11.4. The van der Waals surface area contributed by atoms with Crippen molar-refractivity contribution in [2.45, 2.75) is 0 Å². The molecule has 3 rings (SSSR count). The van der Waals surface area contributed by atoms with Gasteiger partial charge in [-0.2, -0.15) is 0 Å². The minimum absolute atomic E-state index is 0.199. The molecular formula is C15H13N3O5. The van der Waals surface area contributed by atoms with E-state index in [4.69, 9.17) is 13.9 Å². The summed E-state index contributed by atoms with van der Waals surface area (Å²) in [6.07, 6.45) is 1.45. The van der Waals surface area contributed by atoms with Crippen molar-refractivity contribution in [1.29, 1.82) is 0 Å². The molecule has 8 nitrogen and oxygen atoms in total. The summed E-state index contributed by atoms with van der Waals surface area (Å²) >= 11 is 0. The van der Waals surface area contributed by atoms with Crippen LogP contribution in [0.15, 0.2) is 41.0 Å². The molecule has 3 aromatic rings. The zero-order chi connectivity index (χ0) is 16.4. The van der Waals surface area contributed by atoms with E-state index in [0.717, 1.165) is 0 Å². The second-order valence-corrected chi connectivity index (χ2v) is 4.52. The largest absolute Gasteiger partial charge is 0.493 e. The zero-order valence-electron chi connectivity index (χ0n) is 12.4. The van der Waals surface area contributed by atoms with Crippen molar-refractivity contribution in [2.24, 2.45) is 0 Å². The molecule has 0 spiro atoms. The summed E-state index contributed by atoms with van der Waals surface area (Å²) in [6, 6.07) is 8.39. The van der Waals surface area contributed by atoms with Gasteiger partial charge in [0.15, 0.2) is 17.3 Å². The minimum atomic E-state index is -1.19. The van der Waals surface area contributed by atoms with E-state index >= 15 is 0 Å². The first kappa shape index (κ1) is 14.6. The monoisotopic (exact) mass is 315 g/mol. The minimum Gasteiger partial charge on any atom is -0.493 e. The van der Waals surface area contributed by atoms with Crippen molar-refractivity contribution in [3.63, 3.8) is 0 Å². The smallest absolute Gasteiger partial charge is 0.358 e. The van der Waals surface area contributed by atoms with Gasteiger partial charge in [0.05, 0.1) is 26.2 Å². The molecule has 23 heavy (non-hydrogen) atoms. The highest BCUT2D eigenvalue weighted by Crippen LogP contribution is 2.32. The van der Waals surface area contributed by atoms with Gasteiger partial charge in [0.25, 0.3) is 0 Å². The van der Waals surface area contributed by atoms with Crippen molar-refractivity contribution in [3.05, 3.63) is 42.3 Å². The van der Waals surface area contributed by atoms with E-state index < -0.39 is 5.97 Å². The average molecular weight is 315 g/mol. The Hall–Kier alpha value is -3.29. The van der Waals surface area contributed by atoms with Gasteiger partial charge in [0.2, 0.25) is 5.69 Å². The molecule has 0 aliphatic heterocycles. The van der Waals surface area contributed by atoms with Crippen LogP contribution in [-0.2, 0) is 0 Å². The number of aromatic nitrogens is 3. The fourth-order valence-electron chi connectivity index (χ4n) is 2.20. The van der Waals surface area contributed by atoms with E-state index in [1.54, 1.807) is 30.3 Å². The number of methoxy groups -OCH3 is 2. The maximum absolute atomic E-state index is 11.4. The summed E-state index contributed by atoms with van der Waals surface area (Å²) in [7, 11) is 3.04. The van der Waals surface area contributed by atoms with Gasteiger partial charge in [-0.3, -0.25) is 0 Å². The van der Waals surface area contributed by atoms with Gasteiger partial charge in [-0.1, -0.05) is 5.21 Å². The van der Waals surface area contributed by atoms with E-state index in [1.807, 2.05) is 0 Å². The molecule has 0 atom stereocenters. The third kappa shape index (κ3) is 2.50. The van der Waals surface area contributed by atoms with Crippen molar-refractivity contribution >= 4 is 5.97 Å². The van der Waals surface area contributed by atoms with Crippen molar-refractivity contribution in [2.75, 3.05) is 14.2 Å². The number of nitrogens with zero attached hydrogens (tertiary/aromatic N) is 3. The van der Waals surface area contributed by atoms with Gasteiger partial charge in [0, 0.05) is 6.07 Å². The molecule has 0 unspecified atom stereocenters. The second kappa shape index (κ2) is 5.84. The molecule has 0 radical (unpaired) electrons. The van der Waals surface area contributed by atoms with E-state index in [1.165, 1.54) is 25.2 Å². The SMILES string of the molecule is COc1ccc(-n2nnc(C(=O)O)c2-c2ccco2)cc1OC. The summed E-state index contributed by atoms with van der Waals surface area (Å²) in [5.41, 5.74) is 0.610. The normalized spacial score (nSPS) is 10.5. The molecule has 2 heterocycles. The Morgan fingerprint density at radius 2 is 2.00 bits per heavy atom. The van der Waals surface area contributed by atoms with Gasteiger partial charge in [0.1, 0.15) is 5.69 Å². The van der Waals surface area contributed by atoms with Crippen LogP contribution in [0.4, 0.5) is 0 Å². The van der Waals surface area contributed by atoms with Crippen LogP contribution in [0.25, 0.3) is 17.1 Å². The molecule has 2 aromatic heterocycles. The molecule has 1 aromatic carbocycles. The third-order valence-corrected chi connectivity index (χ3v) is 3.24. The number of aromatic carboxylic acids is 1. The number of carboxylic acids is 1. The Bertz CT molecular complexity index is 839. The van der Waals surface area contributed by atoms with E-state index in [2.05, 4.69) is 10.3 Å². The summed E-state index contributed by atoms with van der Waals surface area (Å²) in [5.74, 6) is 0.197. The standard InChI is InChI=1S/C15H13N3O5/c1-21-10-6-5-9(8-12(10)22-2)18-14(11-4-3-7-23-11)13(15(19)20)16-17-18/h3-8H,1-2H3,(H,19,20). The van der Waals surface area contributed by atoms with Crippen LogP contribution in [0.3, 0.4) is 0 Å². The molecule has 0 amide bonds. The summed E-state index contributed by atoms with van der Waals surface area (Å²) < 4.78 is 17.1. The number of rotatable bonds is 5. The lowest BCUT2D eigenvalue weighted by molar-refractivity contribution is 0.0691. The molecule has 0 fully saturated rings. The Kier molecular flexibility index (Phi) is 3.71. The van der Waals surface area contributed by atoms with Gasteiger partial charge < -0.3 is 19.0 Å². The Morgan fingerprint density at radius 3 is 2.61 bits per heavy atom. The van der Waals surface area contributed by atoms with Crippen LogP contribution < -0.4 is 9.47 Å². The second-order valence-electron chi connectivity index (χ2n) is 4.52. The summed E-state index contributed by atoms with van der Waals surface area (Å²) in [4.78, 5) is 11.4. The summed E-state index contributed by atoms with van der Waals surface area (Å²) in [5, 5.41) is 17.0. The maximum Gasteiger partial charge on any atom is 0.358 e. The number of hydrogen-bond donors (Lipinski definition) is 1. The lowest BCUT2D eigenvalue weighted by Crippen LogP contribution is -2.03. The highest BCUT2D eigenvalue weighted by Gasteiger charge is 2.24. The van der Waals surface area contributed by atoms with E-state index in [-0.39, 0.29) is 11.4 Å². The molecular weight excluding hydrogens is 302 g/mol. The van der Waals surface area contributed by atoms with Crippen LogP contribution in [0.1, 0.15) is 10.5 Å². The molecule has 0 saturated heterocycles. The molecule has 0 saturated carbocycles. The average Bonchev–Trinajstić information content (AvgIpc) is 3.22. The van der Waals surface area contributed by atoms with Gasteiger partial charge in [-0.05, 0) is 24.3 Å². The molecule has 0 bridgehead atoms. The number of furan rings is 1. The number of hydrogen-bond acceptors (Lipinski definition) is 6. The molecule has 1 N–H and O–H groups in total. The zero-order valence-corrected chi connectivity index (χ0v) is 12.4. The first-order chi connectivity index (χ1) is 11.2. The van der Waals surface area contributed by atoms with Crippen LogP contribution in [-0.4, -0.2) is 40.3 Å². The number of ether oxygens (including phenoxy) is 2. The molecule has 0 aliphatic rings. The first-order valence-corrected chi connectivity index (χ1v) is 6.61. The van der Waals surface area contributed by atoms with E-state index in [0.29, 0.717) is 22.9 Å².